The van der Waals surface area contributed by atoms with E-state index in [-0.39, 0.29) is 0 Å². The minimum atomic E-state index is -2.71. The van der Waals surface area contributed by atoms with Gasteiger partial charge in [0.2, 0.25) is 0 Å². The standard InChI is InChI=1S/C11H24N2O2S/c1-3-5-12-6-7-13(2)9-11-4-8-16(14,15)10-11/h11-12H,3-10H2,1-2H3. The molecule has 1 rings (SSSR count). The first-order valence-corrected chi connectivity index (χ1v) is 7.95. The molecule has 0 spiro atoms. The van der Waals surface area contributed by atoms with Crippen molar-refractivity contribution >= 4 is 9.84 Å². The second kappa shape index (κ2) is 6.57. The lowest BCUT2D eigenvalue weighted by molar-refractivity contribution is 0.288. The molecule has 0 bridgehead atoms. The Hall–Kier alpha value is -0.130. The molecule has 0 radical (unpaired) electrons. The van der Waals surface area contributed by atoms with Crippen molar-refractivity contribution in [2.75, 3.05) is 44.7 Å². The smallest absolute Gasteiger partial charge is 0.150 e. The molecule has 1 aliphatic rings. The van der Waals surface area contributed by atoms with E-state index in [0.717, 1.165) is 39.0 Å². The molecule has 1 saturated heterocycles. The van der Waals surface area contributed by atoms with Crippen molar-refractivity contribution in [1.82, 2.24) is 10.2 Å². The molecule has 1 aliphatic heterocycles. The first-order valence-electron chi connectivity index (χ1n) is 6.13. The van der Waals surface area contributed by atoms with Gasteiger partial charge in [-0.05, 0) is 32.4 Å². The minimum Gasteiger partial charge on any atom is -0.315 e. The summed E-state index contributed by atoms with van der Waals surface area (Å²) in [4.78, 5) is 2.23. The first-order chi connectivity index (χ1) is 7.53. The van der Waals surface area contributed by atoms with Crippen LogP contribution in [0.5, 0.6) is 0 Å². The third kappa shape index (κ3) is 5.27. The largest absolute Gasteiger partial charge is 0.315 e. The third-order valence-electron chi connectivity index (χ3n) is 2.99. The van der Waals surface area contributed by atoms with E-state index in [9.17, 15) is 8.42 Å². The maximum absolute atomic E-state index is 11.3. The second-order valence-electron chi connectivity index (χ2n) is 4.78. The van der Waals surface area contributed by atoms with E-state index in [2.05, 4.69) is 24.2 Å². The Morgan fingerprint density at radius 3 is 2.69 bits per heavy atom. The molecule has 0 saturated carbocycles. The first kappa shape index (κ1) is 13.9. The molecule has 1 heterocycles. The van der Waals surface area contributed by atoms with Crippen molar-refractivity contribution in [2.45, 2.75) is 19.8 Å². The number of likely N-dealkylation sites (N-methyl/N-ethyl adjacent to an activating group) is 1. The van der Waals surface area contributed by atoms with Crippen LogP contribution in [0.4, 0.5) is 0 Å². The van der Waals surface area contributed by atoms with Gasteiger partial charge in [0.25, 0.3) is 0 Å². The summed E-state index contributed by atoms with van der Waals surface area (Å²) < 4.78 is 22.6. The highest BCUT2D eigenvalue weighted by molar-refractivity contribution is 7.91. The van der Waals surface area contributed by atoms with Crippen molar-refractivity contribution in [3.05, 3.63) is 0 Å². The average molecular weight is 248 g/mol. The summed E-state index contributed by atoms with van der Waals surface area (Å²) in [5, 5.41) is 3.35. The van der Waals surface area contributed by atoms with Gasteiger partial charge in [0.1, 0.15) is 0 Å². The fourth-order valence-corrected chi connectivity index (χ4v) is 3.97. The van der Waals surface area contributed by atoms with Gasteiger partial charge in [-0.25, -0.2) is 8.42 Å². The van der Waals surface area contributed by atoms with Crippen LogP contribution in [0.3, 0.4) is 0 Å². The fraction of sp³-hybridized carbons (Fsp3) is 1.00. The van der Waals surface area contributed by atoms with E-state index < -0.39 is 9.84 Å². The highest BCUT2D eigenvalue weighted by Crippen LogP contribution is 2.18. The summed E-state index contributed by atoms with van der Waals surface area (Å²) in [6.07, 6.45) is 2.00. The number of rotatable bonds is 7. The van der Waals surface area contributed by atoms with Crippen molar-refractivity contribution in [1.29, 1.82) is 0 Å². The van der Waals surface area contributed by atoms with Crippen LogP contribution >= 0.6 is 0 Å². The zero-order chi connectivity index (χ0) is 12.0. The van der Waals surface area contributed by atoms with Gasteiger partial charge in [-0.1, -0.05) is 6.92 Å². The molecule has 0 aromatic rings. The SMILES string of the molecule is CCCNCCN(C)CC1CCS(=O)(=O)C1. The van der Waals surface area contributed by atoms with E-state index in [1.165, 1.54) is 0 Å². The number of nitrogens with one attached hydrogen (secondary N) is 1. The van der Waals surface area contributed by atoms with Gasteiger partial charge in [0, 0.05) is 19.6 Å². The van der Waals surface area contributed by atoms with Crippen LogP contribution < -0.4 is 5.32 Å². The Bertz CT molecular complexity index is 290. The molecule has 4 nitrogen and oxygen atoms in total. The van der Waals surface area contributed by atoms with Gasteiger partial charge in [0.05, 0.1) is 11.5 Å². The predicted molar refractivity (Wildman–Crippen MR) is 67.4 cm³/mol. The molecule has 5 heteroatoms. The minimum absolute atomic E-state index is 0.348. The number of nitrogens with zero attached hydrogens (tertiary/aromatic N) is 1. The Kier molecular flexibility index (Phi) is 5.72. The monoisotopic (exact) mass is 248 g/mol. The Morgan fingerprint density at radius 2 is 2.12 bits per heavy atom. The zero-order valence-corrected chi connectivity index (χ0v) is 11.2. The van der Waals surface area contributed by atoms with Crippen LogP contribution in [0, 0.1) is 5.92 Å². The molecule has 1 unspecified atom stereocenters. The van der Waals surface area contributed by atoms with Crippen LogP contribution in [0.2, 0.25) is 0 Å². The van der Waals surface area contributed by atoms with Crippen LogP contribution in [0.15, 0.2) is 0 Å². The summed E-state index contributed by atoms with van der Waals surface area (Å²) in [6.45, 7) is 6.11. The normalized spacial score (nSPS) is 24.1. The zero-order valence-electron chi connectivity index (χ0n) is 10.4. The molecule has 96 valence electrons. The molecule has 1 fully saturated rings. The molecule has 0 aromatic heterocycles. The maximum Gasteiger partial charge on any atom is 0.150 e. The Labute approximate surface area is 99.3 Å². The molecule has 1 atom stereocenters. The summed E-state index contributed by atoms with van der Waals surface area (Å²) in [5.41, 5.74) is 0. The average Bonchev–Trinajstić information content (AvgIpc) is 2.53. The molecule has 16 heavy (non-hydrogen) atoms. The van der Waals surface area contributed by atoms with E-state index in [1.807, 2.05) is 0 Å². The Morgan fingerprint density at radius 1 is 1.38 bits per heavy atom. The van der Waals surface area contributed by atoms with Crippen molar-refractivity contribution in [3.8, 4) is 0 Å². The van der Waals surface area contributed by atoms with Crippen LogP contribution in [0.1, 0.15) is 19.8 Å². The Balaban J connectivity index is 2.13. The van der Waals surface area contributed by atoms with Gasteiger partial charge in [0.15, 0.2) is 9.84 Å². The second-order valence-corrected chi connectivity index (χ2v) is 7.01. The number of hydrogen-bond donors (Lipinski definition) is 1. The van der Waals surface area contributed by atoms with Gasteiger partial charge >= 0.3 is 0 Å². The lowest BCUT2D eigenvalue weighted by atomic mass is 10.1. The summed E-state index contributed by atoms with van der Waals surface area (Å²) in [5.74, 6) is 1.13. The molecular weight excluding hydrogens is 224 g/mol. The molecule has 0 amide bonds. The molecule has 0 aromatic carbocycles. The summed E-state index contributed by atoms with van der Waals surface area (Å²) in [7, 11) is -0.644. The third-order valence-corrected chi connectivity index (χ3v) is 4.83. The summed E-state index contributed by atoms with van der Waals surface area (Å²) in [6, 6.07) is 0. The van der Waals surface area contributed by atoms with Crippen LogP contribution in [-0.4, -0.2) is 58.1 Å². The van der Waals surface area contributed by atoms with Gasteiger partial charge in [-0.3, -0.25) is 0 Å². The fourth-order valence-electron chi connectivity index (χ4n) is 2.12. The summed E-state index contributed by atoms with van der Waals surface area (Å²) >= 11 is 0. The highest BCUT2D eigenvalue weighted by Gasteiger charge is 2.28. The van der Waals surface area contributed by atoms with Crippen LogP contribution in [-0.2, 0) is 9.84 Å². The quantitative estimate of drug-likeness (QED) is 0.661. The van der Waals surface area contributed by atoms with Crippen molar-refractivity contribution in [2.24, 2.45) is 5.92 Å². The highest BCUT2D eigenvalue weighted by atomic mass is 32.2. The number of hydrogen-bond acceptors (Lipinski definition) is 4. The lowest BCUT2D eigenvalue weighted by Crippen LogP contribution is -2.33. The number of sulfone groups is 1. The van der Waals surface area contributed by atoms with E-state index in [4.69, 9.17) is 0 Å². The van der Waals surface area contributed by atoms with E-state index in [0.29, 0.717) is 17.4 Å². The lowest BCUT2D eigenvalue weighted by Gasteiger charge is -2.20. The molecule has 1 N–H and O–H groups in total. The van der Waals surface area contributed by atoms with Gasteiger partial charge < -0.3 is 10.2 Å². The van der Waals surface area contributed by atoms with E-state index >= 15 is 0 Å². The van der Waals surface area contributed by atoms with Crippen LogP contribution in [0.25, 0.3) is 0 Å². The van der Waals surface area contributed by atoms with Crippen molar-refractivity contribution in [3.63, 3.8) is 0 Å². The predicted octanol–water partition coefficient (Wildman–Crippen LogP) is 0.353. The van der Waals surface area contributed by atoms with E-state index in [1.54, 1.807) is 0 Å². The topological polar surface area (TPSA) is 49.4 Å². The molecule has 0 aliphatic carbocycles. The molecular formula is C11H24N2O2S. The maximum atomic E-state index is 11.3. The van der Waals surface area contributed by atoms with Gasteiger partial charge in [-0.2, -0.15) is 0 Å². The van der Waals surface area contributed by atoms with Crippen molar-refractivity contribution < 1.29 is 8.42 Å². The van der Waals surface area contributed by atoms with Gasteiger partial charge in [-0.15, -0.1) is 0 Å².